The minimum atomic E-state index is -3.63. The number of anilines is 1. The first kappa shape index (κ1) is 13.4. The maximum atomic E-state index is 12.0. The molecule has 1 aromatic heterocycles. The summed E-state index contributed by atoms with van der Waals surface area (Å²) in [5.74, 6) is 0.712. The van der Waals surface area contributed by atoms with Gasteiger partial charge in [-0.1, -0.05) is 0 Å². The molecule has 19 heavy (non-hydrogen) atoms. The summed E-state index contributed by atoms with van der Waals surface area (Å²) in [4.78, 5) is 0. The molecular formula is C12H15N3O3S. The van der Waals surface area contributed by atoms with E-state index in [-0.39, 0.29) is 5.03 Å². The van der Waals surface area contributed by atoms with Crippen LogP contribution in [0.4, 0.5) is 5.69 Å². The van der Waals surface area contributed by atoms with Crippen molar-refractivity contribution in [1.82, 2.24) is 10.2 Å². The molecule has 0 unspecified atom stereocenters. The molecule has 0 bridgehead atoms. The fourth-order valence-corrected chi connectivity index (χ4v) is 2.64. The number of sulfonamides is 1. The van der Waals surface area contributed by atoms with E-state index in [0.29, 0.717) is 18.0 Å². The maximum Gasteiger partial charge on any atom is 0.278 e. The Morgan fingerprint density at radius 1 is 1.37 bits per heavy atom. The molecule has 2 N–H and O–H groups in total. The van der Waals surface area contributed by atoms with E-state index in [1.165, 1.54) is 12.3 Å². The Bertz CT molecular complexity index is 651. The largest absolute Gasteiger partial charge is 0.494 e. The number of aryl methyl sites for hydroxylation is 1. The summed E-state index contributed by atoms with van der Waals surface area (Å²) in [6.45, 7) is 4.27. The molecule has 0 aliphatic heterocycles. The predicted octanol–water partition coefficient (Wildman–Crippen LogP) is 1.92. The molecule has 0 saturated heterocycles. The highest BCUT2D eigenvalue weighted by Gasteiger charge is 2.16. The number of aromatic nitrogens is 2. The topological polar surface area (TPSA) is 84.1 Å². The number of H-pyrrole nitrogens is 1. The minimum Gasteiger partial charge on any atom is -0.494 e. The highest BCUT2D eigenvalue weighted by atomic mass is 32.2. The van der Waals surface area contributed by atoms with Gasteiger partial charge in [0.05, 0.1) is 18.5 Å². The van der Waals surface area contributed by atoms with Crippen LogP contribution < -0.4 is 9.46 Å². The molecule has 2 aromatic rings. The third-order valence-corrected chi connectivity index (χ3v) is 3.81. The van der Waals surface area contributed by atoms with Gasteiger partial charge in [-0.25, -0.2) is 0 Å². The average molecular weight is 281 g/mol. The fourth-order valence-electron chi connectivity index (χ4n) is 1.60. The number of nitrogens with one attached hydrogen (secondary N) is 2. The van der Waals surface area contributed by atoms with Crippen LogP contribution >= 0.6 is 0 Å². The van der Waals surface area contributed by atoms with Gasteiger partial charge in [0, 0.05) is 0 Å². The zero-order valence-electron chi connectivity index (χ0n) is 10.7. The van der Waals surface area contributed by atoms with Crippen molar-refractivity contribution in [3.8, 4) is 5.75 Å². The lowest BCUT2D eigenvalue weighted by atomic mass is 10.2. The zero-order valence-corrected chi connectivity index (χ0v) is 11.5. The van der Waals surface area contributed by atoms with Crippen molar-refractivity contribution in [3.63, 3.8) is 0 Å². The number of rotatable bonds is 5. The normalized spacial score (nSPS) is 11.3. The predicted molar refractivity (Wildman–Crippen MR) is 71.7 cm³/mol. The summed E-state index contributed by atoms with van der Waals surface area (Å²) in [7, 11) is -3.63. The van der Waals surface area contributed by atoms with Gasteiger partial charge in [0.1, 0.15) is 5.75 Å². The number of hydrogen-bond donors (Lipinski definition) is 2. The van der Waals surface area contributed by atoms with Crippen LogP contribution in [0.1, 0.15) is 12.5 Å². The van der Waals surface area contributed by atoms with Gasteiger partial charge in [0.25, 0.3) is 10.0 Å². The maximum absolute atomic E-state index is 12.0. The number of nitrogens with zero attached hydrogens (tertiary/aromatic N) is 1. The van der Waals surface area contributed by atoms with Gasteiger partial charge < -0.3 is 4.74 Å². The van der Waals surface area contributed by atoms with E-state index >= 15 is 0 Å². The van der Waals surface area contributed by atoms with Crippen molar-refractivity contribution in [2.45, 2.75) is 18.9 Å². The molecule has 0 atom stereocenters. The van der Waals surface area contributed by atoms with E-state index < -0.39 is 10.0 Å². The lowest BCUT2D eigenvalue weighted by Crippen LogP contribution is -2.14. The van der Waals surface area contributed by atoms with Crippen LogP contribution in [0.15, 0.2) is 35.5 Å². The molecule has 0 fully saturated rings. The third kappa shape index (κ3) is 3.05. The van der Waals surface area contributed by atoms with Crippen LogP contribution in [0.25, 0.3) is 0 Å². The van der Waals surface area contributed by atoms with Crippen molar-refractivity contribution >= 4 is 15.7 Å². The number of aromatic amines is 1. The van der Waals surface area contributed by atoms with E-state index in [2.05, 4.69) is 14.9 Å². The van der Waals surface area contributed by atoms with Gasteiger partial charge in [-0.05, 0) is 43.7 Å². The molecule has 102 valence electrons. The van der Waals surface area contributed by atoms with Crippen LogP contribution in [-0.2, 0) is 10.0 Å². The highest BCUT2D eigenvalue weighted by molar-refractivity contribution is 7.92. The number of benzene rings is 1. The van der Waals surface area contributed by atoms with Crippen LogP contribution in [0.5, 0.6) is 5.75 Å². The molecule has 7 heteroatoms. The first-order chi connectivity index (χ1) is 9.03. The molecule has 6 nitrogen and oxygen atoms in total. The van der Waals surface area contributed by atoms with Crippen LogP contribution in [-0.4, -0.2) is 25.2 Å². The molecule has 1 heterocycles. The standard InChI is InChI=1S/C12H15N3O3S/c1-3-18-10-4-5-11(9(2)8-10)15-19(16,17)12-6-7-13-14-12/h4-8,15H,3H2,1-2H3,(H,13,14). The SMILES string of the molecule is CCOc1ccc(NS(=O)(=O)c2ccn[nH]2)c(C)c1. The minimum absolute atomic E-state index is 0.0285. The highest BCUT2D eigenvalue weighted by Crippen LogP contribution is 2.23. The molecular weight excluding hydrogens is 266 g/mol. The zero-order chi connectivity index (χ0) is 13.9. The Hall–Kier alpha value is -2.02. The van der Waals surface area contributed by atoms with Gasteiger partial charge >= 0.3 is 0 Å². The Labute approximate surface area is 111 Å². The van der Waals surface area contributed by atoms with Crippen molar-refractivity contribution in [3.05, 3.63) is 36.0 Å². The molecule has 0 amide bonds. The second kappa shape index (κ2) is 5.31. The van der Waals surface area contributed by atoms with Gasteiger partial charge in [-0.3, -0.25) is 9.82 Å². The molecule has 0 aliphatic carbocycles. The molecule has 0 spiro atoms. The quantitative estimate of drug-likeness (QED) is 0.877. The average Bonchev–Trinajstić information content (AvgIpc) is 2.87. The number of ether oxygens (including phenoxy) is 1. The molecule has 2 rings (SSSR count). The first-order valence-corrected chi connectivity index (χ1v) is 7.27. The monoisotopic (exact) mass is 281 g/mol. The van der Waals surface area contributed by atoms with Crippen LogP contribution in [0.2, 0.25) is 0 Å². The van der Waals surface area contributed by atoms with Gasteiger partial charge in [-0.2, -0.15) is 13.5 Å². The number of hydrogen-bond acceptors (Lipinski definition) is 4. The van der Waals surface area contributed by atoms with Crippen LogP contribution in [0.3, 0.4) is 0 Å². The first-order valence-electron chi connectivity index (χ1n) is 5.78. The smallest absolute Gasteiger partial charge is 0.278 e. The lowest BCUT2D eigenvalue weighted by molar-refractivity contribution is 0.340. The Morgan fingerprint density at radius 3 is 2.74 bits per heavy atom. The molecule has 0 radical (unpaired) electrons. The summed E-state index contributed by atoms with van der Waals surface area (Å²) in [6, 6.07) is 6.58. The van der Waals surface area contributed by atoms with E-state index in [1.807, 2.05) is 13.8 Å². The van der Waals surface area contributed by atoms with Crippen molar-refractivity contribution in [1.29, 1.82) is 0 Å². The Kier molecular flexibility index (Phi) is 3.75. The fraction of sp³-hybridized carbons (Fsp3) is 0.250. The van der Waals surface area contributed by atoms with E-state index in [0.717, 1.165) is 5.56 Å². The summed E-state index contributed by atoms with van der Waals surface area (Å²) in [5.41, 5.74) is 1.30. The Morgan fingerprint density at radius 2 is 2.16 bits per heavy atom. The molecule has 0 aliphatic rings. The van der Waals surface area contributed by atoms with Gasteiger partial charge in [0.2, 0.25) is 0 Å². The second-order valence-corrected chi connectivity index (χ2v) is 5.59. The van der Waals surface area contributed by atoms with E-state index in [9.17, 15) is 8.42 Å². The van der Waals surface area contributed by atoms with Crippen molar-refractivity contribution < 1.29 is 13.2 Å². The van der Waals surface area contributed by atoms with E-state index in [1.54, 1.807) is 18.2 Å². The van der Waals surface area contributed by atoms with Crippen LogP contribution in [0, 0.1) is 6.92 Å². The summed E-state index contributed by atoms with van der Waals surface area (Å²) in [6.07, 6.45) is 1.39. The second-order valence-electron chi connectivity index (χ2n) is 3.94. The van der Waals surface area contributed by atoms with Gasteiger partial charge in [-0.15, -0.1) is 0 Å². The Balaban J connectivity index is 2.25. The van der Waals surface area contributed by atoms with Crippen molar-refractivity contribution in [2.75, 3.05) is 11.3 Å². The third-order valence-electron chi connectivity index (χ3n) is 2.52. The summed E-state index contributed by atoms with van der Waals surface area (Å²) in [5, 5.41) is 6.08. The van der Waals surface area contributed by atoms with Gasteiger partial charge in [0.15, 0.2) is 5.03 Å². The lowest BCUT2D eigenvalue weighted by Gasteiger charge is -2.11. The molecule has 1 aromatic carbocycles. The summed E-state index contributed by atoms with van der Waals surface area (Å²) >= 11 is 0. The molecule has 0 saturated carbocycles. The van der Waals surface area contributed by atoms with Crippen molar-refractivity contribution in [2.24, 2.45) is 0 Å². The van der Waals surface area contributed by atoms with E-state index in [4.69, 9.17) is 4.74 Å². The summed E-state index contributed by atoms with van der Waals surface area (Å²) < 4.78 is 31.9.